The summed E-state index contributed by atoms with van der Waals surface area (Å²) in [5.74, 6) is -0.276. The zero-order valence-electron chi connectivity index (χ0n) is 15.3. The lowest BCUT2D eigenvalue weighted by molar-refractivity contribution is -0.117. The molecule has 1 heterocycles. The van der Waals surface area contributed by atoms with Gasteiger partial charge in [0.2, 0.25) is 5.91 Å². The number of carbonyl (C=O) groups is 1. The van der Waals surface area contributed by atoms with E-state index in [9.17, 15) is 13.6 Å². The van der Waals surface area contributed by atoms with E-state index in [-0.39, 0.29) is 30.1 Å². The topological polar surface area (TPSA) is 71.6 Å². The number of alkyl halides is 2. The Morgan fingerprint density at radius 1 is 1.21 bits per heavy atom. The van der Waals surface area contributed by atoms with Crippen molar-refractivity contribution in [2.24, 2.45) is 0 Å². The zero-order chi connectivity index (χ0) is 21.0. The summed E-state index contributed by atoms with van der Waals surface area (Å²) in [6.45, 7) is -0.998. The molecule has 2 aromatic rings. The van der Waals surface area contributed by atoms with Crippen molar-refractivity contribution < 1.29 is 23.0 Å². The lowest BCUT2D eigenvalue weighted by Crippen LogP contribution is -2.39. The van der Waals surface area contributed by atoms with Crippen LogP contribution in [-0.4, -0.2) is 25.2 Å². The first kappa shape index (κ1) is 21.6. The third kappa shape index (κ3) is 5.48. The van der Waals surface area contributed by atoms with Crippen molar-refractivity contribution >= 4 is 34.8 Å². The molecule has 0 aromatic heterocycles. The van der Waals surface area contributed by atoms with Gasteiger partial charge in [-0.3, -0.25) is 4.79 Å². The van der Waals surface area contributed by atoms with Gasteiger partial charge in [-0.1, -0.05) is 29.3 Å². The molecule has 1 aliphatic rings. The summed E-state index contributed by atoms with van der Waals surface area (Å²) >= 11 is 12.2. The molecule has 156 valence electrons. The fourth-order valence-electron chi connectivity index (χ4n) is 2.99. The summed E-state index contributed by atoms with van der Waals surface area (Å²) in [4.78, 5) is 12.6. The summed E-state index contributed by atoms with van der Waals surface area (Å²) < 4.78 is 34.8. The molecule has 1 aliphatic heterocycles. The Morgan fingerprint density at radius 3 is 2.69 bits per heavy atom. The lowest BCUT2D eigenvalue weighted by atomic mass is 10.0. The molecule has 1 saturated heterocycles. The predicted molar refractivity (Wildman–Crippen MR) is 107 cm³/mol. The molecule has 6 nitrogen and oxygen atoms in total. The molecular formula is C19H19Cl2F2N3O3. The van der Waals surface area contributed by atoms with Gasteiger partial charge in [0.05, 0.1) is 6.61 Å². The largest absolute Gasteiger partial charge is 0.490 e. The Hall–Kier alpha value is -2.13. The van der Waals surface area contributed by atoms with Crippen molar-refractivity contribution in [3.05, 3.63) is 52.0 Å². The van der Waals surface area contributed by atoms with E-state index in [1.54, 1.807) is 25.1 Å². The molecule has 1 amide bonds. The highest BCUT2D eigenvalue weighted by atomic mass is 35.5. The van der Waals surface area contributed by atoms with E-state index in [0.717, 1.165) is 5.56 Å². The van der Waals surface area contributed by atoms with Crippen LogP contribution in [-0.2, 0) is 4.79 Å². The number of carbonyl (C=O) groups excluding carboxylic acids is 1. The van der Waals surface area contributed by atoms with Gasteiger partial charge >= 0.3 is 6.61 Å². The molecule has 3 rings (SSSR count). The van der Waals surface area contributed by atoms with Crippen LogP contribution < -0.4 is 25.6 Å². The molecule has 10 heteroatoms. The molecule has 2 atom stereocenters. The van der Waals surface area contributed by atoms with Gasteiger partial charge < -0.3 is 14.8 Å². The van der Waals surface area contributed by atoms with Crippen LogP contribution in [0.5, 0.6) is 11.5 Å². The van der Waals surface area contributed by atoms with Crippen LogP contribution in [0.25, 0.3) is 0 Å². The van der Waals surface area contributed by atoms with Crippen molar-refractivity contribution in [3.63, 3.8) is 0 Å². The molecule has 0 bridgehead atoms. The lowest BCUT2D eigenvalue weighted by Gasteiger charge is -2.15. The Morgan fingerprint density at radius 2 is 2.00 bits per heavy atom. The van der Waals surface area contributed by atoms with Crippen molar-refractivity contribution in [2.45, 2.75) is 32.0 Å². The second-order valence-corrected chi connectivity index (χ2v) is 7.10. The maximum atomic E-state index is 12.6. The van der Waals surface area contributed by atoms with Crippen LogP contribution in [0, 0.1) is 0 Å². The number of hydrazine groups is 1. The first-order valence-corrected chi connectivity index (χ1v) is 9.61. The zero-order valence-corrected chi connectivity index (χ0v) is 16.9. The molecular weight excluding hydrogens is 427 g/mol. The average molecular weight is 446 g/mol. The van der Waals surface area contributed by atoms with E-state index < -0.39 is 12.7 Å². The second-order valence-electron chi connectivity index (χ2n) is 6.26. The molecule has 1 fully saturated rings. The first-order valence-electron chi connectivity index (χ1n) is 8.86. The number of amides is 1. The van der Waals surface area contributed by atoms with Crippen molar-refractivity contribution in [3.8, 4) is 11.5 Å². The first-order chi connectivity index (χ1) is 13.9. The average Bonchev–Trinajstić information content (AvgIpc) is 3.13. The SMILES string of the molecule is CCOc1cc(NC(=O)C2CC(c3ccc(Cl)cc3Cl)NN2)ccc1OC(F)F. The number of rotatable bonds is 7. The van der Waals surface area contributed by atoms with Crippen LogP contribution in [0.2, 0.25) is 10.0 Å². The predicted octanol–water partition coefficient (Wildman–Crippen LogP) is 4.54. The number of nitrogens with one attached hydrogen (secondary N) is 3. The molecule has 0 radical (unpaired) electrons. The number of benzene rings is 2. The van der Waals surface area contributed by atoms with Gasteiger partial charge in [0.25, 0.3) is 0 Å². The van der Waals surface area contributed by atoms with Gasteiger partial charge in [-0.25, -0.2) is 10.9 Å². The van der Waals surface area contributed by atoms with E-state index in [1.807, 2.05) is 0 Å². The van der Waals surface area contributed by atoms with Gasteiger partial charge in [-0.15, -0.1) is 0 Å². The second kappa shape index (κ2) is 9.58. The Bertz CT molecular complexity index is 886. The summed E-state index contributed by atoms with van der Waals surface area (Å²) in [5, 5.41) is 3.78. The van der Waals surface area contributed by atoms with Crippen LogP contribution >= 0.6 is 23.2 Å². The number of hydrogen-bond donors (Lipinski definition) is 3. The minimum Gasteiger partial charge on any atom is -0.490 e. The molecule has 2 unspecified atom stereocenters. The van der Waals surface area contributed by atoms with Crippen molar-refractivity contribution in [2.75, 3.05) is 11.9 Å². The van der Waals surface area contributed by atoms with Gasteiger partial charge in [0, 0.05) is 27.8 Å². The van der Waals surface area contributed by atoms with E-state index in [4.69, 9.17) is 27.9 Å². The Kier molecular flexibility index (Phi) is 7.13. The standard InChI is InChI=1S/C19H19Cl2F2N3O3/c1-2-28-17-8-11(4-6-16(17)29-19(22)23)24-18(27)15-9-14(25-26-15)12-5-3-10(20)7-13(12)21/h3-8,14-15,19,25-26H,2,9H2,1H3,(H,24,27). The Balaban J connectivity index is 1.66. The molecule has 0 spiro atoms. The molecule has 0 saturated carbocycles. The van der Waals surface area contributed by atoms with E-state index in [0.29, 0.717) is 22.2 Å². The molecule has 0 aliphatic carbocycles. The van der Waals surface area contributed by atoms with Crippen LogP contribution in [0.15, 0.2) is 36.4 Å². The maximum Gasteiger partial charge on any atom is 0.387 e. The van der Waals surface area contributed by atoms with Crippen LogP contribution in [0.3, 0.4) is 0 Å². The highest BCUT2D eigenvalue weighted by Crippen LogP contribution is 2.33. The number of anilines is 1. The van der Waals surface area contributed by atoms with Gasteiger partial charge in [0.15, 0.2) is 11.5 Å². The quantitative estimate of drug-likeness (QED) is 0.583. The molecule has 3 N–H and O–H groups in total. The molecule has 2 aromatic carbocycles. The monoisotopic (exact) mass is 445 g/mol. The van der Waals surface area contributed by atoms with E-state index >= 15 is 0 Å². The Labute approximate surface area is 176 Å². The summed E-state index contributed by atoms with van der Waals surface area (Å²) in [7, 11) is 0. The minimum absolute atomic E-state index is 0.0991. The molecule has 29 heavy (non-hydrogen) atoms. The third-order valence-electron chi connectivity index (χ3n) is 4.28. The van der Waals surface area contributed by atoms with E-state index in [1.165, 1.54) is 18.2 Å². The summed E-state index contributed by atoms with van der Waals surface area (Å²) in [6.07, 6.45) is 0.456. The number of ether oxygens (including phenoxy) is 2. The highest BCUT2D eigenvalue weighted by molar-refractivity contribution is 6.35. The summed E-state index contributed by atoms with van der Waals surface area (Å²) in [5.41, 5.74) is 7.20. The smallest absolute Gasteiger partial charge is 0.387 e. The number of halogens is 4. The third-order valence-corrected chi connectivity index (χ3v) is 4.85. The summed E-state index contributed by atoms with van der Waals surface area (Å²) in [6, 6.07) is 8.71. The van der Waals surface area contributed by atoms with E-state index in [2.05, 4.69) is 20.9 Å². The van der Waals surface area contributed by atoms with Gasteiger partial charge in [-0.2, -0.15) is 8.78 Å². The fraction of sp³-hybridized carbons (Fsp3) is 0.316. The van der Waals surface area contributed by atoms with Gasteiger partial charge in [0.1, 0.15) is 6.04 Å². The number of hydrogen-bond acceptors (Lipinski definition) is 5. The van der Waals surface area contributed by atoms with Gasteiger partial charge in [-0.05, 0) is 43.2 Å². The minimum atomic E-state index is -2.97. The van der Waals surface area contributed by atoms with Crippen molar-refractivity contribution in [1.82, 2.24) is 10.9 Å². The highest BCUT2D eigenvalue weighted by Gasteiger charge is 2.31. The van der Waals surface area contributed by atoms with Crippen molar-refractivity contribution in [1.29, 1.82) is 0 Å². The normalized spacial score (nSPS) is 18.7. The van der Waals surface area contributed by atoms with Crippen LogP contribution in [0.4, 0.5) is 14.5 Å². The van der Waals surface area contributed by atoms with Crippen LogP contribution in [0.1, 0.15) is 24.9 Å². The fourth-order valence-corrected chi connectivity index (χ4v) is 3.53. The maximum absolute atomic E-state index is 12.6.